The average molecular weight is 451 g/mol. The lowest BCUT2D eigenvalue weighted by molar-refractivity contribution is 0.0995. The molecule has 1 fully saturated rings. The first-order chi connectivity index (χ1) is 15.9. The Labute approximate surface area is 192 Å². The van der Waals surface area contributed by atoms with E-state index in [-0.39, 0.29) is 29.2 Å². The number of pyridine rings is 1. The van der Waals surface area contributed by atoms with Crippen LogP contribution < -0.4 is 20.7 Å². The normalized spacial score (nSPS) is 17.9. The lowest BCUT2D eigenvalue weighted by Gasteiger charge is -2.30. The van der Waals surface area contributed by atoms with E-state index < -0.39 is 5.91 Å². The first-order valence-electron chi connectivity index (χ1n) is 10.9. The van der Waals surface area contributed by atoms with E-state index in [4.69, 9.17) is 10.5 Å². The molecule has 33 heavy (non-hydrogen) atoms. The Hall–Kier alpha value is -3.75. The molecular formula is C24H27FN6O2. The van der Waals surface area contributed by atoms with Crippen molar-refractivity contribution in [2.45, 2.75) is 37.6 Å². The highest BCUT2D eigenvalue weighted by Gasteiger charge is 2.28. The van der Waals surface area contributed by atoms with Gasteiger partial charge in [-0.3, -0.25) is 4.79 Å². The van der Waals surface area contributed by atoms with E-state index >= 15 is 0 Å². The zero-order valence-electron chi connectivity index (χ0n) is 18.7. The van der Waals surface area contributed by atoms with E-state index in [0.717, 1.165) is 37.1 Å². The summed E-state index contributed by atoms with van der Waals surface area (Å²) in [5.74, 6) is 1.17. The summed E-state index contributed by atoms with van der Waals surface area (Å²) >= 11 is 0. The van der Waals surface area contributed by atoms with Crippen LogP contribution in [0.25, 0.3) is 0 Å². The number of hydrogen-bond donors (Lipinski definition) is 2. The van der Waals surface area contributed by atoms with Crippen molar-refractivity contribution in [1.82, 2.24) is 15.0 Å². The molecule has 0 spiro atoms. The van der Waals surface area contributed by atoms with Crippen LogP contribution in [0.5, 0.6) is 11.6 Å². The zero-order chi connectivity index (χ0) is 23.4. The molecule has 1 saturated carbocycles. The van der Waals surface area contributed by atoms with E-state index in [2.05, 4.69) is 20.3 Å². The molecule has 2 heterocycles. The smallest absolute Gasteiger partial charge is 0.254 e. The Morgan fingerprint density at radius 3 is 2.42 bits per heavy atom. The summed E-state index contributed by atoms with van der Waals surface area (Å²) in [6, 6.07) is 9.48. The predicted molar refractivity (Wildman–Crippen MR) is 124 cm³/mol. The quantitative estimate of drug-likeness (QED) is 0.558. The number of hydrogen-bond acceptors (Lipinski definition) is 7. The Balaban J connectivity index is 1.47. The SMILES string of the molecule is CN(C)c1ccnc(NC2CCC(c3ccnc(Oc4ccc(F)cc4)c3C(N)=O)CC2)n1. The van der Waals surface area contributed by atoms with Crippen molar-refractivity contribution < 1.29 is 13.9 Å². The molecule has 9 heteroatoms. The molecule has 0 bridgehead atoms. The minimum absolute atomic E-state index is 0.140. The van der Waals surface area contributed by atoms with Gasteiger partial charge in [0.2, 0.25) is 11.8 Å². The summed E-state index contributed by atoms with van der Waals surface area (Å²) in [4.78, 5) is 27.3. The zero-order valence-corrected chi connectivity index (χ0v) is 18.7. The largest absolute Gasteiger partial charge is 0.438 e. The van der Waals surface area contributed by atoms with Gasteiger partial charge in [-0.15, -0.1) is 0 Å². The maximum atomic E-state index is 13.2. The van der Waals surface area contributed by atoms with E-state index in [1.807, 2.05) is 31.1 Å². The van der Waals surface area contributed by atoms with Gasteiger partial charge in [0.25, 0.3) is 5.91 Å². The molecule has 172 valence electrons. The van der Waals surface area contributed by atoms with Gasteiger partial charge in [-0.1, -0.05) is 0 Å². The van der Waals surface area contributed by atoms with E-state index in [0.29, 0.717) is 11.7 Å². The number of primary amides is 1. The molecule has 0 radical (unpaired) electrons. The van der Waals surface area contributed by atoms with Gasteiger partial charge in [-0.05, 0) is 73.6 Å². The third-order valence-corrected chi connectivity index (χ3v) is 5.82. The van der Waals surface area contributed by atoms with E-state index in [1.165, 1.54) is 24.3 Å². The number of anilines is 2. The number of benzene rings is 1. The van der Waals surface area contributed by atoms with Crippen molar-refractivity contribution in [3.05, 3.63) is 65.7 Å². The fourth-order valence-electron chi connectivity index (χ4n) is 4.14. The minimum atomic E-state index is -0.593. The topological polar surface area (TPSA) is 106 Å². The fourth-order valence-corrected chi connectivity index (χ4v) is 4.14. The molecule has 1 aliphatic rings. The second-order valence-electron chi connectivity index (χ2n) is 8.33. The first kappa shape index (κ1) is 22.4. The number of rotatable bonds is 7. The van der Waals surface area contributed by atoms with E-state index in [1.54, 1.807) is 12.4 Å². The summed E-state index contributed by atoms with van der Waals surface area (Å²) in [7, 11) is 3.88. The number of nitrogens with two attached hydrogens (primary N) is 1. The number of carbonyl (C=O) groups is 1. The van der Waals surface area contributed by atoms with Crippen molar-refractivity contribution in [2.75, 3.05) is 24.3 Å². The second-order valence-corrected chi connectivity index (χ2v) is 8.33. The number of carbonyl (C=O) groups excluding carboxylic acids is 1. The first-order valence-corrected chi connectivity index (χ1v) is 10.9. The summed E-state index contributed by atoms with van der Waals surface area (Å²) in [5, 5.41) is 3.43. The molecule has 1 aromatic carbocycles. The number of amides is 1. The third kappa shape index (κ3) is 5.36. The summed E-state index contributed by atoms with van der Waals surface area (Å²) in [6.07, 6.45) is 6.89. The Morgan fingerprint density at radius 1 is 1.06 bits per heavy atom. The van der Waals surface area contributed by atoms with Gasteiger partial charge in [0, 0.05) is 32.5 Å². The minimum Gasteiger partial charge on any atom is -0.438 e. The molecular weight excluding hydrogens is 423 g/mol. The number of nitrogens with one attached hydrogen (secondary N) is 1. The van der Waals surface area contributed by atoms with Gasteiger partial charge in [0.05, 0.1) is 0 Å². The van der Waals surface area contributed by atoms with Crippen LogP contribution in [-0.2, 0) is 0 Å². The molecule has 3 N–H and O–H groups in total. The highest BCUT2D eigenvalue weighted by molar-refractivity contribution is 5.97. The number of ether oxygens (including phenoxy) is 1. The van der Waals surface area contributed by atoms with Crippen molar-refractivity contribution in [1.29, 1.82) is 0 Å². The highest BCUT2D eigenvalue weighted by Crippen LogP contribution is 2.38. The van der Waals surface area contributed by atoms with Crippen molar-refractivity contribution in [3.63, 3.8) is 0 Å². The van der Waals surface area contributed by atoms with Crippen LogP contribution in [0.1, 0.15) is 47.5 Å². The molecule has 1 aliphatic carbocycles. The van der Waals surface area contributed by atoms with Crippen LogP contribution in [-0.4, -0.2) is 41.0 Å². The Bertz CT molecular complexity index is 1110. The van der Waals surface area contributed by atoms with Crippen molar-refractivity contribution >= 4 is 17.7 Å². The molecule has 1 amide bonds. The van der Waals surface area contributed by atoms with Gasteiger partial charge in [-0.2, -0.15) is 4.98 Å². The molecule has 0 atom stereocenters. The second kappa shape index (κ2) is 9.81. The summed E-state index contributed by atoms with van der Waals surface area (Å²) in [6.45, 7) is 0. The average Bonchev–Trinajstić information content (AvgIpc) is 2.81. The monoisotopic (exact) mass is 450 g/mol. The molecule has 2 aromatic heterocycles. The molecule has 0 aliphatic heterocycles. The number of nitrogens with zero attached hydrogens (tertiary/aromatic N) is 4. The van der Waals surface area contributed by atoms with Gasteiger partial charge < -0.3 is 20.7 Å². The van der Waals surface area contributed by atoms with Crippen molar-refractivity contribution in [2.24, 2.45) is 5.73 Å². The Morgan fingerprint density at radius 2 is 1.76 bits per heavy atom. The fraction of sp³-hybridized carbons (Fsp3) is 0.333. The highest BCUT2D eigenvalue weighted by atomic mass is 19.1. The number of halogens is 1. The summed E-state index contributed by atoms with van der Waals surface area (Å²) in [5.41, 5.74) is 6.83. The molecule has 8 nitrogen and oxygen atoms in total. The van der Waals surface area contributed by atoms with Crippen molar-refractivity contribution in [3.8, 4) is 11.6 Å². The molecule has 0 saturated heterocycles. The predicted octanol–water partition coefficient (Wildman–Crippen LogP) is 4.11. The molecule has 3 aromatic rings. The lowest BCUT2D eigenvalue weighted by Crippen LogP contribution is -2.27. The Kier molecular flexibility index (Phi) is 6.67. The maximum absolute atomic E-state index is 13.2. The summed E-state index contributed by atoms with van der Waals surface area (Å²) < 4.78 is 19.0. The maximum Gasteiger partial charge on any atom is 0.254 e. The molecule has 0 unspecified atom stereocenters. The van der Waals surface area contributed by atoms with Crippen LogP contribution in [0.3, 0.4) is 0 Å². The van der Waals surface area contributed by atoms with Crippen LogP contribution in [0.2, 0.25) is 0 Å². The van der Waals surface area contributed by atoms with Gasteiger partial charge in [-0.25, -0.2) is 14.4 Å². The van der Waals surface area contributed by atoms with Crippen LogP contribution in [0.15, 0.2) is 48.8 Å². The van der Waals surface area contributed by atoms with E-state index in [9.17, 15) is 9.18 Å². The van der Waals surface area contributed by atoms with Crippen LogP contribution in [0.4, 0.5) is 16.2 Å². The van der Waals surface area contributed by atoms with Gasteiger partial charge in [0.15, 0.2) is 0 Å². The third-order valence-electron chi connectivity index (χ3n) is 5.82. The lowest BCUT2D eigenvalue weighted by atomic mass is 9.80. The standard InChI is InChI=1S/C24H27FN6O2/c1-31(2)20-12-14-28-24(30-20)29-17-7-3-15(4-8-17)19-11-13-27-23(21(19)22(26)32)33-18-9-5-16(25)6-10-18/h5-6,9-15,17H,3-4,7-8H2,1-2H3,(H2,26,32)(H,28,29,30). The van der Waals surface area contributed by atoms with Gasteiger partial charge >= 0.3 is 0 Å². The van der Waals surface area contributed by atoms with Crippen LogP contribution in [0, 0.1) is 5.82 Å². The molecule has 4 rings (SSSR count). The van der Waals surface area contributed by atoms with Crippen LogP contribution >= 0.6 is 0 Å². The van der Waals surface area contributed by atoms with Gasteiger partial charge in [0.1, 0.15) is 22.9 Å². The number of aromatic nitrogens is 3.